The van der Waals surface area contributed by atoms with Gasteiger partial charge in [-0.15, -0.1) is 11.3 Å². The smallest absolute Gasteiger partial charge is 0.243 e. The summed E-state index contributed by atoms with van der Waals surface area (Å²) in [5.74, 6) is 0.739. The zero-order chi connectivity index (χ0) is 22.0. The topological polar surface area (TPSA) is 84.3 Å². The Bertz CT molecular complexity index is 1160. The van der Waals surface area contributed by atoms with Crippen LogP contribution < -0.4 is 5.32 Å². The predicted octanol–water partition coefficient (Wildman–Crippen LogP) is 3.62. The minimum atomic E-state index is -3.50. The van der Waals surface area contributed by atoms with Gasteiger partial charge in [-0.05, 0) is 49.4 Å². The molecule has 1 fully saturated rings. The van der Waals surface area contributed by atoms with E-state index < -0.39 is 10.0 Å². The largest absolute Gasteiger partial charge is 0.349 e. The molecular weight excluding hydrogens is 432 g/mol. The molecule has 0 bridgehead atoms. The van der Waals surface area contributed by atoms with Crippen LogP contribution in [0.5, 0.6) is 0 Å². The number of carbonyl (C=O) groups excluding carboxylic acids is 1. The first-order valence-electron chi connectivity index (χ1n) is 10.6. The van der Waals surface area contributed by atoms with Crippen molar-refractivity contribution in [2.75, 3.05) is 13.1 Å². The lowest BCUT2D eigenvalue weighted by Crippen LogP contribution is -2.35. The molecule has 31 heavy (non-hydrogen) atoms. The molecule has 2 aromatic heterocycles. The molecule has 0 saturated carbocycles. The van der Waals surface area contributed by atoms with Gasteiger partial charge in [0.05, 0.1) is 22.0 Å². The number of hydrogen-bond acceptors (Lipinski definition) is 5. The quantitative estimate of drug-likeness (QED) is 0.584. The van der Waals surface area contributed by atoms with Crippen LogP contribution in [0.2, 0.25) is 0 Å². The van der Waals surface area contributed by atoms with Gasteiger partial charge in [0.25, 0.3) is 0 Å². The lowest BCUT2D eigenvalue weighted by Gasteiger charge is -2.25. The van der Waals surface area contributed by atoms with Crippen LogP contribution >= 0.6 is 11.3 Å². The first-order valence-corrected chi connectivity index (χ1v) is 13.0. The van der Waals surface area contributed by atoms with E-state index in [-0.39, 0.29) is 16.8 Å². The third-order valence-corrected chi connectivity index (χ3v) is 8.77. The summed E-state index contributed by atoms with van der Waals surface area (Å²) < 4.78 is 29.5. The van der Waals surface area contributed by atoms with Crippen LogP contribution in [0.1, 0.15) is 49.4 Å². The number of sulfonamides is 1. The Hall–Kier alpha value is -2.23. The fraction of sp³-hybridized carbons (Fsp3) is 0.455. The number of hydrogen-bond donors (Lipinski definition) is 1. The lowest BCUT2D eigenvalue weighted by molar-refractivity contribution is -0.121. The van der Waals surface area contributed by atoms with Crippen LogP contribution in [0.15, 0.2) is 40.6 Å². The molecule has 3 heterocycles. The minimum absolute atomic E-state index is 0.0181. The molecule has 3 aromatic rings. The van der Waals surface area contributed by atoms with Crippen molar-refractivity contribution in [3.05, 3.63) is 46.4 Å². The van der Waals surface area contributed by atoms with Crippen molar-refractivity contribution in [3.8, 4) is 0 Å². The van der Waals surface area contributed by atoms with Gasteiger partial charge in [0.1, 0.15) is 5.82 Å². The third-order valence-electron chi connectivity index (χ3n) is 5.82. The second-order valence-corrected chi connectivity index (χ2v) is 10.9. The Kier molecular flexibility index (Phi) is 6.45. The van der Waals surface area contributed by atoms with Crippen molar-refractivity contribution in [1.82, 2.24) is 19.2 Å². The number of nitrogens with zero attached hydrogens (tertiary/aromatic N) is 3. The summed E-state index contributed by atoms with van der Waals surface area (Å²) in [5.41, 5.74) is 1.50. The number of imidazole rings is 1. The van der Waals surface area contributed by atoms with E-state index in [9.17, 15) is 13.2 Å². The van der Waals surface area contributed by atoms with Crippen LogP contribution in [0, 0.1) is 0 Å². The van der Waals surface area contributed by atoms with Crippen LogP contribution in [0.3, 0.4) is 0 Å². The Labute approximate surface area is 187 Å². The molecule has 7 nitrogen and oxygen atoms in total. The van der Waals surface area contributed by atoms with Gasteiger partial charge in [0.15, 0.2) is 0 Å². The molecule has 0 spiro atoms. The number of fused-ring (bicyclic) bond motifs is 1. The van der Waals surface area contributed by atoms with Gasteiger partial charge in [-0.1, -0.05) is 12.5 Å². The summed E-state index contributed by atoms with van der Waals surface area (Å²) in [6, 6.07) is 9.09. The highest BCUT2D eigenvalue weighted by Crippen LogP contribution is 2.25. The first-order chi connectivity index (χ1) is 14.9. The molecule has 1 amide bonds. The van der Waals surface area contributed by atoms with Gasteiger partial charge in [-0.25, -0.2) is 13.4 Å². The van der Waals surface area contributed by atoms with E-state index in [1.807, 2.05) is 42.1 Å². The van der Waals surface area contributed by atoms with Gasteiger partial charge < -0.3 is 9.88 Å². The summed E-state index contributed by atoms with van der Waals surface area (Å²) in [6.07, 6.45) is 3.70. The van der Waals surface area contributed by atoms with Gasteiger partial charge in [0, 0.05) is 37.9 Å². The van der Waals surface area contributed by atoms with E-state index in [1.54, 1.807) is 27.8 Å². The molecular formula is C22H28N4O3S2. The Morgan fingerprint density at radius 3 is 2.71 bits per heavy atom. The average molecular weight is 461 g/mol. The number of nitrogens with one attached hydrogen (secondary N) is 1. The van der Waals surface area contributed by atoms with Crippen LogP contribution in [0.25, 0.3) is 11.0 Å². The molecule has 1 N–H and O–H groups in total. The number of amides is 1. The molecule has 9 heteroatoms. The summed E-state index contributed by atoms with van der Waals surface area (Å²) in [7, 11) is -1.60. The van der Waals surface area contributed by atoms with Gasteiger partial charge in [-0.2, -0.15) is 4.31 Å². The number of thiophene rings is 1. The van der Waals surface area contributed by atoms with Crippen molar-refractivity contribution in [3.63, 3.8) is 0 Å². The van der Waals surface area contributed by atoms with E-state index in [4.69, 9.17) is 0 Å². The number of benzene rings is 1. The predicted molar refractivity (Wildman–Crippen MR) is 123 cm³/mol. The Morgan fingerprint density at radius 1 is 1.23 bits per heavy atom. The van der Waals surface area contributed by atoms with Crippen molar-refractivity contribution >= 4 is 38.3 Å². The van der Waals surface area contributed by atoms with Crippen molar-refractivity contribution in [1.29, 1.82) is 0 Å². The third kappa shape index (κ3) is 4.68. The zero-order valence-corrected chi connectivity index (χ0v) is 19.5. The molecule has 4 rings (SSSR count). The molecule has 1 aliphatic heterocycles. The molecule has 1 unspecified atom stereocenters. The molecule has 0 aliphatic carbocycles. The Morgan fingerprint density at radius 2 is 2.00 bits per heavy atom. The second-order valence-electron chi connectivity index (χ2n) is 8.01. The normalized spacial score (nSPS) is 16.5. The van der Waals surface area contributed by atoms with Crippen molar-refractivity contribution < 1.29 is 13.2 Å². The summed E-state index contributed by atoms with van der Waals surface area (Å²) in [4.78, 5) is 18.4. The van der Waals surface area contributed by atoms with E-state index in [0.29, 0.717) is 31.4 Å². The number of carbonyl (C=O) groups is 1. The zero-order valence-electron chi connectivity index (χ0n) is 17.9. The maximum absolute atomic E-state index is 13.0. The van der Waals surface area contributed by atoms with Crippen molar-refractivity contribution in [2.45, 2.75) is 50.0 Å². The molecule has 166 valence electrons. The van der Waals surface area contributed by atoms with E-state index in [1.165, 1.54) is 0 Å². The minimum Gasteiger partial charge on any atom is -0.349 e. The van der Waals surface area contributed by atoms with E-state index >= 15 is 0 Å². The fourth-order valence-electron chi connectivity index (χ4n) is 4.02. The number of aromatic nitrogens is 2. The maximum Gasteiger partial charge on any atom is 0.243 e. The number of rotatable bonds is 7. The van der Waals surface area contributed by atoms with E-state index in [0.717, 1.165) is 35.5 Å². The first kappa shape index (κ1) is 22.0. The SMILES string of the molecule is CC(NC(=O)CCc1nc2cc(S(=O)(=O)N3CCCCC3)ccc2n1C)c1cccs1. The number of piperidine rings is 1. The lowest BCUT2D eigenvalue weighted by atomic mass is 10.2. The highest BCUT2D eigenvalue weighted by Gasteiger charge is 2.26. The molecule has 0 radical (unpaired) electrons. The summed E-state index contributed by atoms with van der Waals surface area (Å²) >= 11 is 1.62. The van der Waals surface area contributed by atoms with Gasteiger partial charge >= 0.3 is 0 Å². The van der Waals surface area contributed by atoms with Crippen LogP contribution in [0.4, 0.5) is 0 Å². The van der Waals surface area contributed by atoms with Crippen LogP contribution in [-0.4, -0.2) is 41.3 Å². The monoisotopic (exact) mass is 460 g/mol. The average Bonchev–Trinajstić information content (AvgIpc) is 3.41. The fourth-order valence-corrected chi connectivity index (χ4v) is 6.29. The van der Waals surface area contributed by atoms with Crippen LogP contribution in [-0.2, 0) is 28.3 Å². The van der Waals surface area contributed by atoms with Crippen molar-refractivity contribution in [2.24, 2.45) is 7.05 Å². The van der Waals surface area contributed by atoms with Gasteiger partial charge in [0.2, 0.25) is 15.9 Å². The highest BCUT2D eigenvalue weighted by molar-refractivity contribution is 7.89. The molecule has 1 aromatic carbocycles. The number of aryl methyl sites for hydroxylation is 2. The summed E-state index contributed by atoms with van der Waals surface area (Å²) in [5, 5.41) is 5.02. The second kappa shape index (κ2) is 9.10. The maximum atomic E-state index is 13.0. The standard InChI is InChI=1S/C22H28N4O3S2/c1-16(20-7-6-14-30-20)23-22(27)11-10-21-24-18-15-17(8-9-19(18)25(21)2)31(28,29)26-12-4-3-5-13-26/h6-9,14-16H,3-5,10-13H2,1-2H3,(H,23,27). The molecule has 1 atom stereocenters. The summed E-state index contributed by atoms with van der Waals surface area (Å²) in [6.45, 7) is 3.13. The molecule has 1 saturated heterocycles. The Balaban J connectivity index is 1.47. The molecule has 1 aliphatic rings. The van der Waals surface area contributed by atoms with E-state index in [2.05, 4.69) is 10.3 Å². The highest BCUT2D eigenvalue weighted by atomic mass is 32.2. The van der Waals surface area contributed by atoms with Gasteiger partial charge in [-0.3, -0.25) is 4.79 Å².